The van der Waals surface area contributed by atoms with Gasteiger partial charge in [-0.15, -0.1) is 0 Å². The summed E-state index contributed by atoms with van der Waals surface area (Å²) in [6.07, 6.45) is 2.06. The monoisotopic (exact) mass is 433 g/mol. The van der Waals surface area contributed by atoms with Gasteiger partial charge in [0.1, 0.15) is 5.69 Å². The summed E-state index contributed by atoms with van der Waals surface area (Å²) >= 11 is 0. The summed E-state index contributed by atoms with van der Waals surface area (Å²) in [5.41, 5.74) is 5.42. The highest BCUT2D eigenvalue weighted by Gasteiger charge is 2.43. The topological polar surface area (TPSA) is 67.5 Å². The van der Waals surface area contributed by atoms with Gasteiger partial charge in [-0.05, 0) is 44.9 Å². The van der Waals surface area contributed by atoms with E-state index in [9.17, 15) is 4.79 Å². The van der Waals surface area contributed by atoms with E-state index in [1.807, 2.05) is 36.9 Å². The first kappa shape index (κ1) is 21.9. The van der Waals surface area contributed by atoms with Gasteiger partial charge in [0.2, 0.25) is 0 Å². The summed E-state index contributed by atoms with van der Waals surface area (Å²) < 4.78 is 11.6. The Morgan fingerprint density at radius 3 is 2.53 bits per heavy atom. The van der Waals surface area contributed by atoms with Crippen molar-refractivity contribution in [3.63, 3.8) is 0 Å². The number of ether oxygens (including phenoxy) is 2. The third kappa shape index (κ3) is 3.85. The number of amides is 1. The Morgan fingerprint density at radius 1 is 1.12 bits per heavy atom. The molecule has 2 aromatic carbocycles. The second-order valence-electron chi connectivity index (χ2n) is 8.55. The van der Waals surface area contributed by atoms with Crippen LogP contribution in [-0.2, 0) is 0 Å². The Bertz CT molecular complexity index is 1100. The molecule has 3 aromatic rings. The van der Waals surface area contributed by atoms with Crippen molar-refractivity contribution in [2.24, 2.45) is 0 Å². The smallest absolute Gasteiger partial charge is 0.273 e. The third-order valence-corrected chi connectivity index (χ3v) is 5.94. The van der Waals surface area contributed by atoms with Crippen LogP contribution in [0, 0.1) is 6.92 Å². The van der Waals surface area contributed by atoms with Gasteiger partial charge in [0, 0.05) is 17.2 Å². The summed E-state index contributed by atoms with van der Waals surface area (Å²) in [5.74, 6) is 1.35. The number of benzene rings is 2. The van der Waals surface area contributed by atoms with E-state index in [-0.39, 0.29) is 18.0 Å². The predicted octanol–water partition coefficient (Wildman–Crippen LogP) is 5.53. The molecule has 1 aliphatic rings. The van der Waals surface area contributed by atoms with E-state index in [1.165, 1.54) is 5.56 Å². The van der Waals surface area contributed by atoms with Gasteiger partial charge in [-0.25, -0.2) is 0 Å². The standard InChI is InChI=1S/C26H31N3O3/c1-6-7-14-32-20-13-12-19(15-21(20)31-5)25-22-23(18-10-8-17(4)9-11-18)27-28-24(22)26(30)29(25)16(2)3/h8-13,15-16,25H,6-7,14H2,1-5H3,(H,27,28). The molecule has 32 heavy (non-hydrogen) atoms. The molecule has 6 nitrogen and oxygen atoms in total. The quantitative estimate of drug-likeness (QED) is 0.475. The highest BCUT2D eigenvalue weighted by Crippen LogP contribution is 2.45. The first-order valence-electron chi connectivity index (χ1n) is 11.2. The fourth-order valence-corrected chi connectivity index (χ4v) is 4.26. The number of hydrogen-bond donors (Lipinski definition) is 1. The molecule has 1 aliphatic heterocycles. The fourth-order valence-electron chi connectivity index (χ4n) is 4.26. The largest absolute Gasteiger partial charge is 0.493 e. The van der Waals surface area contributed by atoms with E-state index in [2.05, 4.69) is 48.3 Å². The molecular weight excluding hydrogens is 402 g/mol. The van der Waals surface area contributed by atoms with Gasteiger partial charge in [0.15, 0.2) is 11.5 Å². The molecule has 0 spiro atoms. The van der Waals surface area contributed by atoms with E-state index >= 15 is 0 Å². The predicted molar refractivity (Wildman–Crippen MR) is 125 cm³/mol. The molecular formula is C26H31N3O3. The molecule has 168 valence electrons. The van der Waals surface area contributed by atoms with Crippen LogP contribution in [0.5, 0.6) is 11.5 Å². The van der Waals surface area contributed by atoms with Crippen molar-refractivity contribution in [1.82, 2.24) is 15.1 Å². The number of nitrogens with zero attached hydrogens (tertiary/aromatic N) is 2. The average Bonchev–Trinajstić information content (AvgIpc) is 3.34. The summed E-state index contributed by atoms with van der Waals surface area (Å²) in [6, 6.07) is 13.9. The molecule has 1 aromatic heterocycles. The lowest BCUT2D eigenvalue weighted by atomic mass is 9.95. The van der Waals surface area contributed by atoms with E-state index in [4.69, 9.17) is 9.47 Å². The number of nitrogens with one attached hydrogen (secondary N) is 1. The fraction of sp³-hybridized carbons (Fsp3) is 0.385. The van der Waals surface area contributed by atoms with Crippen LogP contribution in [0.15, 0.2) is 42.5 Å². The lowest BCUT2D eigenvalue weighted by Crippen LogP contribution is -2.35. The second kappa shape index (κ2) is 9.07. The van der Waals surface area contributed by atoms with Crippen molar-refractivity contribution >= 4 is 5.91 Å². The molecule has 4 rings (SSSR count). The SMILES string of the molecule is CCCCOc1ccc(C2c3c(-c4ccc(C)cc4)n[nH]c3C(=O)N2C(C)C)cc1OC. The number of aromatic amines is 1. The second-order valence-corrected chi connectivity index (χ2v) is 8.55. The number of hydrogen-bond acceptors (Lipinski definition) is 4. The molecule has 0 saturated carbocycles. The number of aromatic nitrogens is 2. The molecule has 0 saturated heterocycles. The Morgan fingerprint density at radius 2 is 1.88 bits per heavy atom. The maximum atomic E-state index is 13.3. The van der Waals surface area contributed by atoms with Gasteiger partial charge in [0.25, 0.3) is 5.91 Å². The van der Waals surface area contributed by atoms with Gasteiger partial charge < -0.3 is 14.4 Å². The normalized spacial score (nSPS) is 15.4. The van der Waals surface area contributed by atoms with E-state index in [0.717, 1.165) is 41.0 Å². The van der Waals surface area contributed by atoms with Gasteiger partial charge >= 0.3 is 0 Å². The molecule has 1 atom stereocenters. The minimum atomic E-state index is -0.258. The molecule has 1 unspecified atom stereocenters. The number of unbranched alkanes of at least 4 members (excludes halogenated alkanes) is 1. The zero-order valence-electron chi connectivity index (χ0n) is 19.4. The highest BCUT2D eigenvalue weighted by atomic mass is 16.5. The summed E-state index contributed by atoms with van der Waals surface area (Å²) in [6.45, 7) is 8.91. The Kier molecular flexibility index (Phi) is 6.21. The van der Waals surface area contributed by atoms with E-state index in [1.54, 1.807) is 7.11 Å². The molecule has 0 radical (unpaired) electrons. The maximum Gasteiger partial charge on any atom is 0.273 e. The third-order valence-electron chi connectivity index (χ3n) is 5.94. The number of fused-ring (bicyclic) bond motifs is 1. The molecule has 1 amide bonds. The van der Waals surface area contributed by atoms with Gasteiger partial charge in [-0.3, -0.25) is 9.89 Å². The Labute approximate surface area is 189 Å². The molecule has 6 heteroatoms. The molecule has 0 bridgehead atoms. The molecule has 2 heterocycles. The molecule has 1 N–H and O–H groups in total. The number of rotatable bonds is 8. The molecule has 0 aliphatic carbocycles. The van der Waals surface area contributed by atoms with Crippen molar-refractivity contribution in [3.05, 3.63) is 64.8 Å². The van der Waals surface area contributed by atoms with Crippen LogP contribution in [0.2, 0.25) is 0 Å². The summed E-state index contributed by atoms with van der Waals surface area (Å²) in [7, 11) is 1.65. The van der Waals surface area contributed by atoms with Crippen LogP contribution >= 0.6 is 0 Å². The van der Waals surface area contributed by atoms with Crippen LogP contribution in [0.3, 0.4) is 0 Å². The number of H-pyrrole nitrogens is 1. The number of carbonyl (C=O) groups is 1. The van der Waals surface area contributed by atoms with Gasteiger partial charge in [-0.2, -0.15) is 5.10 Å². The minimum absolute atomic E-state index is 0.0191. The number of methoxy groups -OCH3 is 1. The maximum absolute atomic E-state index is 13.3. The van der Waals surface area contributed by atoms with Crippen LogP contribution in [0.1, 0.15) is 66.8 Å². The minimum Gasteiger partial charge on any atom is -0.493 e. The Balaban J connectivity index is 1.80. The number of aryl methyl sites for hydroxylation is 1. The lowest BCUT2D eigenvalue weighted by Gasteiger charge is -2.30. The Hall–Kier alpha value is -3.28. The number of carbonyl (C=O) groups excluding carboxylic acids is 1. The average molecular weight is 434 g/mol. The summed E-state index contributed by atoms with van der Waals surface area (Å²) in [5, 5.41) is 7.55. The van der Waals surface area contributed by atoms with Crippen molar-refractivity contribution in [2.75, 3.05) is 13.7 Å². The first-order chi connectivity index (χ1) is 15.5. The van der Waals surface area contributed by atoms with Crippen LogP contribution < -0.4 is 9.47 Å². The zero-order chi connectivity index (χ0) is 22.8. The van der Waals surface area contributed by atoms with Crippen molar-refractivity contribution in [1.29, 1.82) is 0 Å². The van der Waals surface area contributed by atoms with E-state index < -0.39 is 0 Å². The lowest BCUT2D eigenvalue weighted by molar-refractivity contribution is 0.0687. The van der Waals surface area contributed by atoms with Crippen molar-refractivity contribution < 1.29 is 14.3 Å². The van der Waals surface area contributed by atoms with Crippen LogP contribution in [0.4, 0.5) is 0 Å². The van der Waals surface area contributed by atoms with Crippen LogP contribution in [0.25, 0.3) is 11.3 Å². The van der Waals surface area contributed by atoms with Gasteiger partial charge in [0.05, 0.1) is 25.5 Å². The van der Waals surface area contributed by atoms with Crippen molar-refractivity contribution in [2.45, 2.75) is 52.6 Å². The molecule has 0 fully saturated rings. The van der Waals surface area contributed by atoms with E-state index in [0.29, 0.717) is 18.1 Å². The first-order valence-corrected chi connectivity index (χ1v) is 11.2. The summed E-state index contributed by atoms with van der Waals surface area (Å²) in [4.78, 5) is 15.2. The van der Waals surface area contributed by atoms with Crippen molar-refractivity contribution in [3.8, 4) is 22.8 Å². The highest BCUT2D eigenvalue weighted by molar-refractivity contribution is 6.00. The zero-order valence-corrected chi connectivity index (χ0v) is 19.4. The van der Waals surface area contributed by atoms with Crippen LogP contribution in [-0.4, -0.2) is 40.8 Å². The van der Waals surface area contributed by atoms with Gasteiger partial charge in [-0.1, -0.05) is 49.2 Å².